The van der Waals surface area contributed by atoms with Crippen molar-refractivity contribution in [2.45, 2.75) is 13.8 Å². The highest BCUT2D eigenvalue weighted by atomic mass is 16.3. The smallest absolute Gasteiger partial charge is 0.275 e. The van der Waals surface area contributed by atoms with E-state index in [-0.39, 0.29) is 11.3 Å². The number of aromatic hydroxyl groups is 1. The zero-order chi connectivity index (χ0) is 16.4. The molecule has 0 atom stereocenters. The van der Waals surface area contributed by atoms with E-state index in [2.05, 4.69) is 10.5 Å². The second kappa shape index (κ2) is 5.96. The highest BCUT2D eigenvalue weighted by Crippen LogP contribution is 2.32. The van der Waals surface area contributed by atoms with E-state index in [1.807, 2.05) is 38.1 Å². The first-order chi connectivity index (χ1) is 11.1. The fourth-order valence-electron chi connectivity index (χ4n) is 2.42. The third-order valence-corrected chi connectivity index (χ3v) is 3.56. The molecule has 2 aromatic carbocycles. The van der Waals surface area contributed by atoms with Crippen molar-refractivity contribution in [3.05, 3.63) is 64.9 Å². The van der Waals surface area contributed by atoms with Crippen LogP contribution in [-0.4, -0.2) is 17.2 Å². The Labute approximate surface area is 133 Å². The molecule has 0 bridgehead atoms. The average Bonchev–Trinajstić information content (AvgIpc) is 2.90. The number of hydrazone groups is 1. The molecular weight excluding hydrogens is 292 g/mol. The van der Waals surface area contributed by atoms with E-state index >= 15 is 0 Å². The Balaban J connectivity index is 1.81. The zero-order valence-electron chi connectivity index (χ0n) is 12.8. The third kappa shape index (κ3) is 2.94. The Hall–Kier alpha value is -3.08. The fourth-order valence-corrected chi connectivity index (χ4v) is 2.42. The number of phenols is 1. The van der Waals surface area contributed by atoms with Gasteiger partial charge in [-0.05, 0) is 37.1 Å². The van der Waals surface area contributed by atoms with Gasteiger partial charge < -0.3 is 9.52 Å². The molecule has 0 spiro atoms. The molecule has 3 aromatic rings. The van der Waals surface area contributed by atoms with E-state index in [4.69, 9.17) is 4.42 Å². The maximum absolute atomic E-state index is 12.2. The molecule has 0 aliphatic rings. The molecule has 0 radical (unpaired) electrons. The summed E-state index contributed by atoms with van der Waals surface area (Å²) in [4.78, 5) is 12.2. The second-order valence-electron chi connectivity index (χ2n) is 5.37. The van der Waals surface area contributed by atoms with Crippen LogP contribution in [0.5, 0.6) is 5.75 Å². The van der Waals surface area contributed by atoms with Gasteiger partial charge in [0, 0.05) is 0 Å². The van der Waals surface area contributed by atoms with Crippen LogP contribution < -0.4 is 5.43 Å². The van der Waals surface area contributed by atoms with Gasteiger partial charge >= 0.3 is 0 Å². The lowest BCUT2D eigenvalue weighted by atomic mass is 10.1. The molecule has 0 fully saturated rings. The van der Waals surface area contributed by atoms with Crippen LogP contribution in [0.3, 0.4) is 0 Å². The normalized spacial score (nSPS) is 11.2. The predicted molar refractivity (Wildman–Crippen MR) is 88.9 cm³/mol. The van der Waals surface area contributed by atoms with Crippen LogP contribution in [-0.2, 0) is 0 Å². The monoisotopic (exact) mass is 308 g/mol. The molecule has 1 aromatic heterocycles. The first-order valence-electron chi connectivity index (χ1n) is 7.16. The Morgan fingerprint density at radius 1 is 1.26 bits per heavy atom. The molecule has 116 valence electrons. The minimum absolute atomic E-state index is 0.1000. The van der Waals surface area contributed by atoms with Crippen molar-refractivity contribution in [1.29, 1.82) is 0 Å². The van der Waals surface area contributed by atoms with Crippen LogP contribution in [0, 0.1) is 13.8 Å². The number of carbonyl (C=O) groups excluding carboxylic acids is 1. The van der Waals surface area contributed by atoms with Crippen molar-refractivity contribution in [1.82, 2.24) is 5.43 Å². The molecule has 0 aliphatic carbocycles. The number of aryl methyl sites for hydroxylation is 2. The number of hydrogen-bond acceptors (Lipinski definition) is 4. The maximum atomic E-state index is 12.2. The summed E-state index contributed by atoms with van der Waals surface area (Å²) in [5.41, 5.74) is 5.89. The number of carbonyl (C=O) groups is 1. The van der Waals surface area contributed by atoms with Gasteiger partial charge in [0.2, 0.25) is 0 Å². The minimum Gasteiger partial charge on any atom is -0.506 e. The zero-order valence-corrected chi connectivity index (χ0v) is 12.8. The number of hydrogen-bond donors (Lipinski definition) is 2. The lowest BCUT2D eigenvalue weighted by Gasteiger charge is -2.04. The number of furan rings is 1. The number of fused-ring (bicyclic) bond motifs is 1. The van der Waals surface area contributed by atoms with Crippen molar-refractivity contribution in [3.63, 3.8) is 0 Å². The Kier molecular flexibility index (Phi) is 3.85. The highest BCUT2D eigenvalue weighted by molar-refractivity contribution is 6.03. The van der Waals surface area contributed by atoms with E-state index in [9.17, 15) is 9.90 Å². The molecule has 0 aliphatic heterocycles. The van der Waals surface area contributed by atoms with E-state index in [0.29, 0.717) is 11.0 Å². The molecule has 0 saturated heterocycles. The summed E-state index contributed by atoms with van der Waals surface area (Å²) in [5.74, 6) is -0.578. The molecule has 0 unspecified atom stereocenters. The molecule has 1 amide bonds. The predicted octanol–water partition coefficient (Wildman–Crippen LogP) is 3.52. The summed E-state index contributed by atoms with van der Waals surface area (Å²) in [6.45, 7) is 3.79. The second-order valence-corrected chi connectivity index (χ2v) is 5.37. The maximum Gasteiger partial charge on any atom is 0.275 e. The van der Waals surface area contributed by atoms with Gasteiger partial charge in [-0.1, -0.05) is 29.8 Å². The molecule has 23 heavy (non-hydrogen) atoms. The fraction of sp³-hybridized carbons (Fsp3) is 0.111. The lowest BCUT2D eigenvalue weighted by molar-refractivity contribution is 0.0952. The van der Waals surface area contributed by atoms with Crippen molar-refractivity contribution in [3.8, 4) is 5.75 Å². The van der Waals surface area contributed by atoms with Crippen LogP contribution >= 0.6 is 0 Å². The Bertz CT molecular complexity index is 910. The Morgan fingerprint density at radius 2 is 2.09 bits per heavy atom. The lowest BCUT2D eigenvalue weighted by Crippen LogP contribution is -2.17. The van der Waals surface area contributed by atoms with Gasteiger partial charge in [0.1, 0.15) is 11.3 Å². The minimum atomic E-state index is -0.478. The van der Waals surface area contributed by atoms with E-state index < -0.39 is 5.91 Å². The Morgan fingerprint density at radius 3 is 2.87 bits per heavy atom. The van der Waals surface area contributed by atoms with Gasteiger partial charge in [-0.2, -0.15) is 5.10 Å². The number of benzene rings is 2. The molecule has 0 saturated carbocycles. The number of rotatable bonds is 3. The molecule has 5 heteroatoms. The van der Waals surface area contributed by atoms with Gasteiger partial charge in [0.15, 0.2) is 0 Å². The van der Waals surface area contributed by atoms with Gasteiger partial charge in [0.25, 0.3) is 5.91 Å². The van der Waals surface area contributed by atoms with E-state index in [1.165, 1.54) is 6.07 Å². The molecule has 2 N–H and O–H groups in total. The summed E-state index contributed by atoms with van der Waals surface area (Å²) in [5, 5.41) is 14.7. The van der Waals surface area contributed by atoms with Crippen LogP contribution in [0.1, 0.15) is 27.0 Å². The summed E-state index contributed by atoms with van der Waals surface area (Å²) in [6.07, 6.45) is 3.10. The van der Waals surface area contributed by atoms with Gasteiger partial charge in [-0.25, -0.2) is 5.43 Å². The molecular formula is C18H16N2O3. The topological polar surface area (TPSA) is 74.8 Å². The number of nitrogens with zero attached hydrogens (tertiary/aromatic N) is 1. The summed E-state index contributed by atoms with van der Waals surface area (Å²) in [7, 11) is 0. The van der Waals surface area contributed by atoms with Crippen LogP contribution in [0.25, 0.3) is 11.0 Å². The van der Waals surface area contributed by atoms with Crippen molar-refractivity contribution in [2.75, 3.05) is 0 Å². The number of amides is 1. The average molecular weight is 308 g/mol. The van der Waals surface area contributed by atoms with Crippen LogP contribution in [0.2, 0.25) is 0 Å². The van der Waals surface area contributed by atoms with Crippen molar-refractivity contribution >= 4 is 23.1 Å². The summed E-state index contributed by atoms with van der Waals surface area (Å²) in [6, 6.07) is 10.9. The highest BCUT2D eigenvalue weighted by Gasteiger charge is 2.16. The third-order valence-electron chi connectivity index (χ3n) is 3.56. The van der Waals surface area contributed by atoms with E-state index in [0.717, 1.165) is 16.7 Å². The largest absolute Gasteiger partial charge is 0.506 e. The SMILES string of the molecule is Cc1cccc(C=NNC(=O)c2ccc3occ(C)c3c2O)c1. The number of nitrogens with one attached hydrogen (secondary N) is 1. The number of phenolic OH excluding ortho intramolecular Hbond substituents is 1. The molecule has 5 nitrogen and oxygen atoms in total. The summed E-state index contributed by atoms with van der Waals surface area (Å²) >= 11 is 0. The molecule has 3 rings (SSSR count). The van der Waals surface area contributed by atoms with E-state index in [1.54, 1.807) is 18.5 Å². The molecule has 1 heterocycles. The van der Waals surface area contributed by atoms with Crippen LogP contribution in [0.4, 0.5) is 0 Å². The van der Waals surface area contributed by atoms with Crippen LogP contribution in [0.15, 0.2) is 52.2 Å². The first-order valence-corrected chi connectivity index (χ1v) is 7.16. The first kappa shape index (κ1) is 14.8. The van der Waals surface area contributed by atoms with Gasteiger partial charge in [-0.3, -0.25) is 4.79 Å². The van der Waals surface area contributed by atoms with Gasteiger partial charge in [-0.15, -0.1) is 0 Å². The summed E-state index contributed by atoms with van der Waals surface area (Å²) < 4.78 is 5.29. The van der Waals surface area contributed by atoms with Crippen molar-refractivity contribution in [2.24, 2.45) is 5.10 Å². The standard InChI is InChI=1S/C18H16N2O3/c1-11-4-3-5-13(8-11)9-19-20-18(22)14-6-7-15-16(17(14)21)12(2)10-23-15/h3-10,21H,1-2H3,(H,20,22). The quantitative estimate of drug-likeness (QED) is 0.574. The van der Waals surface area contributed by atoms with Crippen molar-refractivity contribution < 1.29 is 14.3 Å². The van der Waals surface area contributed by atoms with Gasteiger partial charge in [0.05, 0.1) is 23.4 Å².